The summed E-state index contributed by atoms with van der Waals surface area (Å²) in [6.45, 7) is 13.7. The van der Waals surface area contributed by atoms with E-state index in [9.17, 15) is 15.0 Å². The fourth-order valence-electron chi connectivity index (χ4n) is 4.91. The maximum atomic E-state index is 13.1. The topological polar surface area (TPSA) is 88.6 Å². The van der Waals surface area contributed by atoms with Crippen molar-refractivity contribution in [2.24, 2.45) is 5.92 Å². The van der Waals surface area contributed by atoms with Crippen molar-refractivity contribution >= 4 is 22.5 Å². The Bertz CT molecular complexity index is 1050. The first-order valence-electron chi connectivity index (χ1n) is 11.7. The summed E-state index contributed by atoms with van der Waals surface area (Å²) < 4.78 is 0. The average molecular weight is 454 g/mol. The molecule has 2 heterocycles. The highest BCUT2D eigenvalue weighted by Crippen LogP contribution is 2.41. The molecule has 1 aromatic carbocycles. The highest BCUT2D eigenvalue weighted by Gasteiger charge is 2.34. The van der Waals surface area contributed by atoms with Crippen molar-refractivity contribution in [3.63, 3.8) is 0 Å². The molecule has 1 amide bonds. The van der Waals surface area contributed by atoms with Gasteiger partial charge in [0.15, 0.2) is 0 Å². The molecule has 1 aromatic heterocycles. The average Bonchev–Trinajstić information content (AvgIpc) is 3.15. The van der Waals surface area contributed by atoms with Crippen molar-refractivity contribution < 1.29 is 15.0 Å². The number of carbonyl (C=O) groups is 1. The van der Waals surface area contributed by atoms with Gasteiger partial charge in [0.05, 0.1) is 23.8 Å². The normalized spacial score (nSPS) is 21.6. The molecular weight excluding hydrogens is 414 g/mol. The summed E-state index contributed by atoms with van der Waals surface area (Å²) in [6.07, 6.45) is 8.99. The molecular formula is C27H39N3O3. The van der Waals surface area contributed by atoms with Crippen LogP contribution >= 0.6 is 0 Å². The van der Waals surface area contributed by atoms with E-state index >= 15 is 0 Å². The molecule has 33 heavy (non-hydrogen) atoms. The minimum atomic E-state index is -0.872. The quantitative estimate of drug-likeness (QED) is 0.480. The van der Waals surface area contributed by atoms with Crippen molar-refractivity contribution in [2.75, 3.05) is 18.6 Å². The predicted octanol–water partition coefficient (Wildman–Crippen LogP) is 3.82. The molecule has 0 unspecified atom stereocenters. The Balaban J connectivity index is 2.20. The third kappa shape index (κ3) is 5.02. The van der Waals surface area contributed by atoms with Gasteiger partial charge in [-0.1, -0.05) is 45.1 Å². The first-order chi connectivity index (χ1) is 15.4. The summed E-state index contributed by atoms with van der Waals surface area (Å²) >= 11 is 0. The molecule has 0 spiro atoms. The number of H-pyrrole nitrogens is 1. The summed E-state index contributed by atoms with van der Waals surface area (Å²) in [5.74, 6) is 0.0283. The molecule has 1 aliphatic heterocycles. The number of aliphatic hydroxyl groups is 2. The van der Waals surface area contributed by atoms with Crippen LogP contribution in [0.5, 0.6) is 0 Å². The van der Waals surface area contributed by atoms with Gasteiger partial charge >= 0.3 is 0 Å². The second-order valence-electron chi connectivity index (χ2n) is 10.5. The number of carbonyl (C=O) groups excluding carboxylic acids is 1. The van der Waals surface area contributed by atoms with Crippen LogP contribution < -0.4 is 10.2 Å². The van der Waals surface area contributed by atoms with Gasteiger partial charge in [-0.25, -0.2) is 0 Å². The summed E-state index contributed by atoms with van der Waals surface area (Å²) in [5.41, 5.74) is 2.95. The van der Waals surface area contributed by atoms with Gasteiger partial charge in [0, 0.05) is 29.7 Å². The third-order valence-corrected chi connectivity index (χ3v) is 6.76. The van der Waals surface area contributed by atoms with Crippen LogP contribution in [0.1, 0.15) is 52.2 Å². The van der Waals surface area contributed by atoms with E-state index in [0.29, 0.717) is 12.8 Å². The SMILES string of the molecule is C=C[C@@](C)(C/C=C/C(C)(C)O)c1ccc2c3c(c[nH]c13)C[C@@H](CO)NC(=O)[C@H](C(C)C)N2C. The van der Waals surface area contributed by atoms with E-state index < -0.39 is 5.60 Å². The summed E-state index contributed by atoms with van der Waals surface area (Å²) in [7, 11) is 1.97. The zero-order chi connectivity index (χ0) is 24.6. The zero-order valence-electron chi connectivity index (χ0n) is 20.8. The molecule has 0 fully saturated rings. The number of benzene rings is 1. The van der Waals surface area contributed by atoms with Gasteiger partial charge in [0.2, 0.25) is 5.91 Å². The van der Waals surface area contributed by atoms with E-state index in [0.717, 1.165) is 27.7 Å². The maximum absolute atomic E-state index is 13.1. The summed E-state index contributed by atoms with van der Waals surface area (Å²) in [6, 6.07) is 3.51. The number of amides is 1. The van der Waals surface area contributed by atoms with E-state index in [1.165, 1.54) is 0 Å². The van der Waals surface area contributed by atoms with Crippen molar-refractivity contribution in [3.05, 3.63) is 54.3 Å². The second-order valence-corrected chi connectivity index (χ2v) is 10.5. The highest BCUT2D eigenvalue weighted by molar-refractivity contribution is 6.00. The molecule has 0 saturated carbocycles. The number of allylic oxidation sites excluding steroid dienone is 2. The summed E-state index contributed by atoms with van der Waals surface area (Å²) in [5, 5.41) is 24.2. The lowest BCUT2D eigenvalue weighted by atomic mass is 9.78. The van der Waals surface area contributed by atoms with E-state index in [4.69, 9.17) is 0 Å². The maximum Gasteiger partial charge on any atom is 0.243 e. The summed E-state index contributed by atoms with van der Waals surface area (Å²) in [4.78, 5) is 18.6. The molecule has 0 saturated heterocycles. The Labute approximate surface area is 197 Å². The Morgan fingerprint density at radius 1 is 1.30 bits per heavy atom. The molecule has 6 nitrogen and oxygen atoms in total. The number of aromatic nitrogens is 1. The van der Waals surface area contributed by atoms with Crippen molar-refractivity contribution in [1.82, 2.24) is 10.3 Å². The monoisotopic (exact) mass is 453 g/mol. The van der Waals surface area contributed by atoms with Gasteiger partial charge < -0.3 is 25.4 Å². The number of hydrogen-bond donors (Lipinski definition) is 4. The smallest absolute Gasteiger partial charge is 0.243 e. The first-order valence-corrected chi connectivity index (χ1v) is 11.7. The minimum Gasteiger partial charge on any atom is -0.394 e. The van der Waals surface area contributed by atoms with Crippen molar-refractivity contribution in [3.8, 4) is 0 Å². The molecule has 4 N–H and O–H groups in total. The largest absolute Gasteiger partial charge is 0.394 e. The molecule has 0 aliphatic carbocycles. The fourth-order valence-corrected chi connectivity index (χ4v) is 4.91. The van der Waals surface area contributed by atoms with E-state index in [2.05, 4.69) is 40.8 Å². The lowest BCUT2D eigenvalue weighted by Gasteiger charge is -2.33. The number of aliphatic hydroxyl groups excluding tert-OH is 1. The number of anilines is 1. The Morgan fingerprint density at radius 2 is 2.00 bits per heavy atom. The molecule has 3 rings (SSSR count). The zero-order valence-corrected chi connectivity index (χ0v) is 20.8. The van der Waals surface area contributed by atoms with E-state index in [1.54, 1.807) is 13.8 Å². The van der Waals surface area contributed by atoms with Crippen molar-refractivity contribution in [1.29, 1.82) is 0 Å². The number of aromatic amines is 1. The van der Waals surface area contributed by atoms with Gasteiger partial charge in [-0.05, 0) is 49.8 Å². The molecule has 6 heteroatoms. The van der Waals surface area contributed by atoms with Crippen LogP contribution in [-0.4, -0.2) is 52.4 Å². The number of nitrogens with zero attached hydrogens (tertiary/aromatic N) is 1. The molecule has 1 aliphatic rings. The van der Waals surface area contributed by atoms with Crippen LogP contribution in [0, 0.1) is 5.92 Å². The lowest BCUT2D eigenvalue weighted by Crippen LogP contribution is -2.52. The number of likely N-dealkylation sites (N-methyl/N-ethyl adjacent to an activating group) is 1. The standard InChI is InChI=1S/C27H39N3O3/c1-8-27(6,13-9-12-26(4,5)33)20-10-11-21-22-18(15-28-23(20)22)14-19(16-31)29-25(32)24(17(2)3)30(21)7/h8-12,15,17,19,24,28,31,33H,1,13-14,16H2,2-7H3,(H,29,32)/b12-9+/t19-,24-,27-/m0/s1. The van der Waals surface area contributed by atoms with Gasteiger partial charge in [-0.2, -0.15) is 0 Å². The third-order valence-electron chi connectivity index (χ3n) is 6.76. The van der Waals surface area contributed by atoms with Crippen molar-refractivity contribution in [2.45, 2.75) is 70.6 Å². The molecule has 3 atom stereocenters. The highest BCUT2D eigenvalue weighted by atomic mass is 16.3. The van der Waals surface area contributed by atoms with E-state index in [-0.39, 0.29) is 35.9 Å². The van der Waals surface area contributed by atoms with E-state index in [1.807, 2.05) is 45.3 Å². The van der Waals surface area contributed by atoms with Gasteiger partial charge in [-0.15, -0.1) is 6.58 Å². The Hall–Kier alpha value is -2.57. The minimum absolute atomic E-state index is 0.0643. The molecule has 180 valence electrons. The van der Waals surface area contributed by atoms with Gasteiger partial charge in [0.1, 0.15) is 6.04 Å². The number of nitrogens with one attached hydrogen (secondary N) is 2. The first kappa shape index (κ1) is 25.1. The van der Waals surface area contributed by atoms with Crippen LogP contribution in [-0.2, 0) is 16.6 Å². The van der Waals surface area contributed by atoms with Crippen LogP contribution in [0.4, 0.5) is 5.69 Å². The predicted molar refractivity (Wildman–Crippen MR) is 136 cm³/mol. The number of hydrogen-bond acceptors (Lipinski definition) is 4. The van der Waals surface area contributed by atoms with Gasteiger partial charge in [-0.3, -0.25) is 4.79 Å². The molecule has 0 radical (unpaired) electrons. The lowest BCUT2D eigenvalue weighted by molar-refractivity contribution is -0.124. The second kappa shape index (κ2) is 9.35. The molecule has 0 bridgehead atoms. The van der Waals surface area contributed by atoms with Crippen LogP contribution in [0.25, 0.3) is 10.9 Å². The van der Waals surface area contributed by atoms with Crippen LogP contribution in [0.2, 0.25) is 0 Å². The Kier molecular flexibility index (Phi) is 7.10. The van der Waals surface area contributed by atoms with Gasteiger partial charge in [0.25, 0.3) is 0 Å². The van der Waals surface area contributed by atoms with Crippen LogP contribution in [0.3, 0.4) is 0 Å². The molecule has 2 aromatic rings. The number of rotatable bonds is 7. The Morgan fingerprint density at radius 3 is 2.58 bits per heavy atom. The fraction of sp³-hybridized carbons (Fsp3) is 0.519. The van der Waals surface area contributed by atoms with Crippen LogP contribution in [0.15, 0.2) is 43.1 Å².